The Morgan fingerprint density at radius 3 is 2.86 bits per heavy atom. The molecule has 0 radical (unpaired) electrons. The second-order valence-electron chi connectivity index (χ2n) is 3.11. The lowest BCUT2D eigenvalue weighted by Crippen LogP contribution is -2.30. The Morgan fingerprint density at radius 1 is 1.50 bits per heavy atom. The van der Waals surface area contributed by atoms with Crippen LogP contribution in [0.2, 0.25) is 0 Å². The average Bonchev–Trinajstić information content (AvgIpc) is 2.12. The molecule has 3 nitrogen and oxygen atoms in total. The maximum absolute atomic E-state index is 10.7. The minimum Gasteiger partial charge on any atom is -0.478 e. The summed E-state index contributed by atoms with van der Waals surface area (Å²) in [6.07, 6.45) is 0. The quantitative estimate of drug-likeness (QED) is 0.827. The van der Waals surface area contributed by atoms with Crippen LogP contribution in [0.5, 0.6) is 0 Å². The third-order valence-electron chi connectivity index (χ3n) is 1.99. The first kappa shape index (κ1) is 9.55. The molecule has 14 heavy (non-hydrogen) atoms. The van der Waals surface area contributed by atoms with Crippen molar-refractivity contribution in [1.82, 2.24) is 0 Å². The van der Waals surface area contributed by atoms with Crippen LogP contribution in [0.15, 0.2) is 29.2 Å². The number of aromatic carboxylic acids is 1. The summed E-state index contributed by atoms with van der Waals surface area (Å²) in [6.45, 7) is 1.53. The van der Waals surface area contributed by atoms with Gasteiger partial charge in [-0.15, -0.1) is 11.8 Å². The lowest BCUT2D eigenvalue weighted by Gasteiger charge is -2.25. The fourth-order valence-corrected chi connectivity index (χ4v) is 2.24. The summed E-state index contributed by atoms with van der Waals surface area (Å²) in [5, 5.41) is 9.27. The van der Waals surface area contributed by atoms with Gasteiger partial charge in [-0.1, -0.05) is 6.07 Å². The fourth-order valence-electron chi connectivity index (χ4n) is 1.18. The van der Waals surface area contributed by atoms with E-state index in [1.165, 1.54) is 0 Å². The zero-order chi connectivity index (χ0) is 9.97. The lowest BCUT2D eigenvalue weighted by atomic mass is 10.2. The molecule has 0 bridgehead atoms. The second kappa shape index (κ2) is 4.02. The highest BCUT2D eigenvalue weighted by Gasteiger charge is 2.19. The van der Waals surface area contributed by atoms with E-state index in [0.717, 1.165) is 18.1 Å². The van der Waals surface area contributed by atoms with Crippen molar-refractivity contribution in [3.05, 3.63) is 29.8 Å². The van der Waals surface area contributed by atoms with E-state index in [4.69, 9.17) is 9.84 Å². The summed E-state index contributed by atoms with van der Waals surface area (Å²) in [5.74, 6) is -0.877. The van der Waals surface area contributed by atoms with Gasteiger partial charge in [-0.25, -0.2) is 4.79 Å². The van der Waals surface area contributed by atoms with Gasteiger partial charge in [0.25, 0.3) is 0 Å². The minimum absolute atomic E-state index is 0.343. The number of carboxylic acid groups (broad SMARTS) is 1. The Hall–Kier alpha value is -1.00. The van der Waals surface area contributed by atoms with Crippen LogP contribution >= 0.6 is 11.8 Å². The minimum atomic E-state index is -0.877. The summed E-state index contributed by atoms with van der Waals surface area (Å²) in [4.78, 5) is 11.7. The molecule has 0 spiro atoms. The monoisotopic (exact) mass is 210 g/mol. The van der Waals surface area contributed by atoms with Crippen LogP contribution in [-0.4, -0.2) is 29.5 Å². The maximum Gasteiger partial charge on any atom is 0.335 e. The number of carbonyl (C=O) groups is 1. The Labute approximate surface area is 86.1 Å². The molecule has 1 aliphatic heterocycles. The maximum atomic E-state index is 10.7. The highest BCUT2D eigenvalue weighted by Crippen LogP contribution is 2.28. The number of hydrogen-bond acceptors (Lipinski definition) is 3. The highest BCUT2D eigenvalue weighted by molar-refractivity contribution is 8.00. The molecule has 0 amide bonds. The first-order chi connectivity index (χ1) is 6.75. The van der Waals surface area contributed by atoms with Crippen molar-refractivity contribution in [1.29, 1.82) is 0 Å². The molecule has 0 aromatic heterocycles. The normalized spacial score (nSPS) is 16.3. The van der Waals surface area contributed by atoms with Crippen LogP contribution in [0.25, 0.3) is 0 Å². The second-order valence-corrected chi connectivity index (χ2v) is 4.48. The molecule has 2 rings (SSSR count). The zero-order valence-corrected chi connectivity index (χ0v) is 8.29. The van der Waals surface area contributed by atoms with Crippen LogP contribution in [0, 0.1) is 0 Å². The number of thioether (sulfide) groups is 1. The van der Waals surface area contributed by atoms with Gasteiger partial charge in [0.15, 0.2) is 0 Å². The summed E-state index contributed by atoms with van der Waals surface area (Å²) in [6, 6.07) is 7.00. The smallest absolute Gasteiger partial charge is 0.335 e. The van der Waals surface area contributed by atoms with Crippen molar-refractivity contribution >= 4 is 17.7 Å². The molecule has 0 aliphatic carbocycles. The molecular weight excluding hydrogens is 200 g/mol. The summed E-state index contributed by atoms with van der Waals surface area (Å²) < 4.78 is 5.05. The Kier molecular flexibility index (Phi) is 2.74. The number of benzene rings is 1. The molecule has 1 heterocycles. The van der Waals surface area contributed by atoms with Gasteiger partial charge in [0.1, 0.15) is 0 Å². The predicted molar refractivity (Wildman–Crippen MR) is 53.9 cm³/mol. The SMILES string of the molecule is O=C(O)c1cccc(SC2COC2)c1. The lowest BCUT2D eigenvalue weighted by molar-refractivity contribution is 0.0455. The van der Waals surface area contributed by atoms with E-state index >= 15 is 0 Å². The predicted octanol–water partition coefficient (Wildman–Crippen LogP) is 1.88. The van der Waals surface area contributed by atoms with E-state index in [1.807, 2.05) is 6.07 Å². The molecule has 0 unspecified atom stereocenters. The van der Waals surface area contributed by atoms with Gasteiger partial charge in [-0.2, -0.15) is 0 Å². The Balaban J connectivity index is 2.09. The Bertz CT molecular complexity index is 347. The topological polar surface area (TPSA) is 46.5 Å². The molecule has 74 valence electrons. The van der Waals surface area contributed by atoms with E-state index in [0.29, 0.717) is 10.8 Å². The van der Waals surface area contributed by atoms with Crippen molar-refractivity contribution in [2.75, 3.05) is 13.2 Å². The third-order valence-corrected chi connectivity index (χ3v) is 3.12. The van der Waals surface area contributed by atoms with Gasteiger partial charge in [0, 0.05) is 4.90 Å². The zero-order valence-electron chi connectivity index (χ0n) is 7.47. The largest absolute Gasteiger partial charge is 0.478 e. The molecule has 1 fully saturated rings. The van der Waals surface area contributed by atoms with Crippen LogP contribution < -0.4 is 0 Å². The molecule has 1 N–H and O–H groups in total. The molecule has 1 aromatic rings. The van der Waals surface area contributed by atoms with Gasteiger partial charge in [-0.05, 0) is 18.2 Å². The van der Waals surface area contributed by atoms with E-state index in [1.54, 1.807) is 30.0 Å². The van der Waals surface area contributed by atoms with E-state index in [-0.39, 0.29) is 0 Å². The summed E-state index contributed by atoms with van der Waals surface area (Å²) in [7, 11) is 0. The van der Waals surface area contributed by atoms with Crippen molar-refractivity contribution in [3.63, 3.8) is 0 Å². The van der Waals surface area contributed by atoms with Crippen LogP contribution in [0.3, 0.4) is 0 Å². The van der Waals surface area contributed by atoms with Crippen LogP contribution in [-0.2, 0) is 4.74 Å². The number of ether oxygens (including phenoxy) is 1. The van der Waals surface area contributed by atoms with Crippen molar-refractivity contribution in [2.24, 2.45) is 0 Å². The number of carboxylic acids is 1. The van der Waals surface area contributed by atoms with E-state index in [2.05, 4.69) is 0 Å². The standard InChI is InChI=1S/C10H10O3S/c11-10(12)7-2-1-3-8(4-7)14-9-5-13-6-9/h1-4,9H,5-6H2,(H,11,12). The van der Waals surface area contributed by atoms with Crippen molar-refractivity contribution in [2.45, 2.75) is 10.1 Å². The highest BCUT2D eigenvalue weighted by atomic mass is 32.2. The number of rotatable bonds is 3. The van der Waals surface area contributed by atoms with E-state index in [9.17, 15) is 4.79 Å². The first-order valence-electron chi connectivity index (χ1n) is 4.33. The molecule has 1 aliphatic rings. The van der Waals surface area contributed by atoms with Gasteiger partial charge in [0.2, 0.25) is 0 Å². The van der Waals surface area contributed by atoms with Crippen LogP contribution in [0.1, 0.15) is 10.4 Å². The molecule has 1 saturated heterocycles. The Morgan fingerprint density at radius 2 is 2.29 bits per heavy atom. The van der Waals surface area contributed by atoms with Crippen LogP contribution in [0.4, 0.5) is 0 Å². The third kappa shape index (κ3) is 2.08. The summed E-state index contributed by atoms with van der Waals surface area (Å²) >= 11 is 1.67. The molecular formula is C10H10O3S. The fraction of sp³-hybridized carbons (Fsp3) is 0.300. The van der Waals surface area contributed by atoms with Gasteiger partial charge >= 0.3 is 5.97 Å². The molecule has 1 aromatic carbocycles. The molecule has 0 saturated carbocycles. The van der Waals surface area contributed by atoms with Gasteiger partial charge in [0.05, 0.1) is 24.0 Å². The first-order valence-corrected chi connectivity index (χ1v) is 5.21. The average molecular weight is 210 g/mol. The van der Waals surface area contributed by atoms with E-state index < -0.39 is 5.97 Å². The number of hydrogen-bond donors (Lipinski definition) is 1. The molecule has 0 atom stereocenters. The van der Waals surface area contributed by atoms with Gasteiger partial charge < -0.3 is 9.84 Å². The molecule has 4 heteroatoms. The van der Waals surface area contributed by atoms with Crippen molar-refractivity contribution in [3.8, 4) is 0 Å². The summed E-state index contributed by atoms with van der Waals surface area (Å²) in [5.41, 5.74) is 0.343. The van der Waals surface area contributed by atoms with Crippen molar-refractivity contribution < 1.29 is 14.6 Å². The van der Waals surface area contributed by atoms with Gasteiger partial charge in [-0.3, -0.25) is 0 Å².